The van der Waals surface area contributed by atoms with Crippen molar-refractivity contribution in [3.05, 3.63) is 23.0 Å². The normalized spacial score (nSPS) is 48.3. The predicted octanol–water partition coefficient (Wildman–Crippen LogP) is 4.49. The van der Waals surface area contributed by atoms with Gasteiger partial charge in [-0.3, -0.25) is 4.68 Å². The van der Waals surface area contributed by atoms with Crippen molar-refractivity contribution in [1.82, 2.24) is 9.78 Å². The molecule has 0 spiro atoms. The highest BCUT2D eigenvalue weighted by Gasteiger charge is 2.61. The summed E-state index contributed by atoms with van der Waals surface area (Å²) in [5.74, 6) is 2.76. The van der Waals surface area contributed by atoms with Gasteiger partial charge in [0.15, 0.2) is 0 Å². The van der Waals surface area contributed by atoms with Crippen LogP contribution in [0.25, 0.3) is 6.08 Å². The van der Waals surface area contributed by atoms with Gasteiger partial charge in [0.2, 0.25) is 0 Å². The van der Waals surface area contributed by atoms with Crippen LogP contribution in [0.5, 0.6) is 0 Å². The second-order valence-corrected chi connectivity index (χ2v) is 11.3. The van der Waals surface area contributed by atoms with Crippen LogP contribution in [-0.2, 0) is 7.05 Å². The van der Waals surface area contributed by atoms with Gasteiger partial charge in [-0.25, -0.2) is 0 Å². The highest BCUT2D eigenvalue weighted by atomic mass is 16.3. The van der Waals surface area contributed by atoms with Crippen molar-refractivity contribution >= 4 is 6.08 Å². The number of aliphatic hydroxyl groups excluding tert-OH is 2. The van der Waals surface area contributed by atoms with Gasteiger partial charge in [0.25, 0.3) is 0 Å². The molecular formula is C25H38N2O2. The Labute approximate surface area is 175 Å². The highest BCUT2D eigenvalue weighted by molar-refractivity contribution is 5.56. The van der Waals surface area contributed by atoms with E-state index in [0.717, 1.165) is 48.8 Å². The molecule has 29 heavy (non-hydrogen) atoms. The molecule has 1 aromatic heterocycles. The van der Waals surface area contributed by atoms with E-state index >= 15 is 0 Å². The molecule has 0 amide bonds. The molecule has 2 N–H and O–H groups in total. The van der Waals surface area contributed by atoms with Crippen molar-refractivity contribution in [2.24, 2.45) is 41.5 Å². The SMILES string of the molecule is Cc1nn(C)cc1/C=C1\C[C@H]2[C@@H]3CC[C@H]4C[C@H](O)CC[C@]4(C)[C@H]3CC[C@]2(C)[C@@H]1O. The predicted molar refractivity (Wildman–Crippen MR) is 115 cm³/mol. The molecule has 0 aliphatic heterocycles. The molecule has 1 aromatic rings. The minimum Gasteiger partial charge on any atom is -0.393 e. The second-order valence-electron chi connectivity index (χ2n) is 11.3. The van der Waals surface area contributed by atoms with E-state index in [1.54, 1.807) is 0 Å². The first kappa shape index (κ1) is 19.8. The lowest BCUT2D eigenvalue weighted by atomic mass is 9.45. The molecule has 1 heterocycles. The summed E-state index contributed by atoms with van der Waals surface area (Å²) in [4.78, 5) is 0. The lowest BCUT2D eigenvalue weighted by Crippen LogP contribution is -2.54. The maximum atomic E-state index is 11.4. The van der Waals surface area contributed by atoms with Crippen molar-refractivity contribution in [1.29, 1.82) is 0 Å². The summed E-state index contributed by atoms with van der Waals surface area (Å²) in [6.45, 7) is 6.94. The van der Waals surface area contributed by atoms with Gasteiger partial charge in [0.1, 0.15) is 0 Å². The van der Waals surface area contributed by atoms with E-state index in [9.17, 15) is 10.2 Å². The van der Waals surface area contributed by atoms with Crippen LogP contribution in [0.15, 0.2) is 11.8 Å². The molecule has 4 aliphatic carbocycles. The van der Waals surface area contributed by atoms with Gasteiger partial charge in [-0.15, -0.1) is 0 Å². The van der Waals surface area contributed by atoms with Gasteiger partial charge in [0, 0.05) is 24.2 Å². The zero-order valence-corrected chi connectivity index (χ0v) is 18.6. The van der Waals surface area contributed by atoms with E-state index in [1.165, 1.54) is 31.3 Å². The molecule has 4 fully saturated rings. The Morgan fingerprint density at radius 3 is 2.55 bits per heavy atom. The van der Waals surface area contributed by atoms with Gasteiger partial charge in [-0.1, -0.05) is 13.8 Å². The van der Waals surface area contributed by atoms with Gasteiger partial charge in [-0.05, 0) is 99.0 Å². The maximum Gasteiger partial charge on any atom is 0.0809 e. The van der Waals surface area contributed by atoms with Crippen molar-refractivity contribution in [2.75, 3.05) is 0 Å². The van der Waals surface area contributed by atoms with Gasteiger partial charge < -0.3 is 10.2 Å². The maximum absolute atomic E-state index is 11.4. The van der Waals surface area contributed by atoms with Crippen LogP contribution in [0, 0.1) is 41.4 Å². The van der Waals surface area contributed by atoms with E-state index in [0.29, 0.717) is 17.3 Å². The number of aryl methyl sites for hydroxylation is 2. The van der Waals surface area contributed by atoms with Crippen molar-refractivity contribution in [3.8, 4) is 0 Å². The van der Waals surface area contributed by atoms with Crippen LogP contribution >= 0.6 is 0 Å². The van der Waals surface area contributed by atoms with E-state index in [-0.39, 0.29) is 17.6 Å². The molecule has 4 nitrogen and oxygen atoms in total. The Morgan fingerprint density at radius 1 is 1.07 bits per heavy atom. The largest absolute Gasteiger partial charge is 0.393 e. The summed E-state index contributed by atoms with van der Waals surface area (Å²) in [5, 5.41) is 26.1. The summed E-state index contributed by atoms with van der Waals surface area (Å²) >= 11 is 0. The Kier molecular flexibility index (Phi) is 4.57. The smallest absolute Gasteiger partial charge is 0.0809 e. The summed E-state index contributed by atoms with van der Waals surface area (Å²) in [5.41, 5.74) is 3.82. The number of fused-ring (bicyclic) bond motifs is 5. The molecule has 0 bridgehead atoms. The molecule has 4 heteroatoms. The molecule has 0 aromatic carbocycles. The molecule has 0 unspecified atom stereocenters. The van der Waals surface area contributed by atoms with Gasteiger partial charge in [-0.2, -0.15) is 5.10 Å². The fourth-order valence-electron chi connectivity index (χ4n) is 8.19. The van der Waals surface area contributed by atoms with Crippen LogP contribution in [0.1, 0.15) is 76.5 Å². The standard InChI is InChI=1S/C25H38N2O2/c1-15-17(14-27(4)26-15)11-16-12-22-20-6-5-18-13-19(28)7-9-24(18,2)21(20)8-10-25(22,3)23(16)29/h11,14,18-23,28-29H,5-10,12-13H2,1-4H3/b16-11+/t18-,19+,20+,21-,22-,23+,24-,25-/m0/s1. The third-order valence-electron chi connectivity index (χ3n) is 9.90. The number of rotatable bonds is 1. The second kappa shape index (κ2) is 6.68. The monoisotopic (exact) mass is 398 g/mol. The quantitative estimate of drug-likeness (QED) is 0.733. The van der Waals surface area contributed by atoms with E-state index < -0.39 is 0 Å². The molecule has 0 radical (unpaired) electrons. The Hall–Kier alpha value is -1.13. The summed E-state index contributed by atoms with van der Waals surface area (Å²) < 4.78 is 1.87. The van der Waals surface area contributed by atoms with Crippen molar-refractivity contribution in [3.63, 3.8) is 0 Å². The first-order valence-electron chi connectivity index (χ1n) is 11.8. The van der Waals surface area contributed by atoms with Gasteiger partial charge in [0.05, 0.1) is 17.9 Å². The topological polar surface area (TPSA) is 58.3 Å². The van der Waals surface area contributed by atoms with Crippen LogP contribution in [0.3, 0.4) is 0 Å². The van der Waals surface area contributed by atoms with Crippen molar-refractivity contribution in [2.45, 2.75) is 84.3 Å². The highest BCUT2D eigenvalue weighted by Crippen LogP contribution is 2.67. The first-order valence-corrected chi connectivity index (χ1v) is 11.8. The number of aromatic nitrogens is 2. The fraction of sp³-hybridized carbons (Fsp3) is 0.800. The molecule has 8 atom stereocenters. The molecule has 5 rings (SSSR count). The lowest BCUT2D eigenvalue weighted by molar-refractivity contribution is -0.133. The van der Waals surface area contributed by atoms with E-state index in [2.05, 4.69) is 38.1 Å². The number of aliphatic hydroxyl groups is 2. The average Bonchev–Trinajstić information content (AvgIpc) is 3.12. The molecule has 4 aliphatic rings. The number of hydrogen-bond donors (Lipinski definition) is 2. The Bertz CT molecular complexity index is 829. The Morgan fingerprint density at radius 2 is 1.83 bits per heavy atom. The van der Waals surface area contributed by atoms with Crippen LogP contribution in [-0.4, -0.2) is 32.2 Å². The third-order valence-corrected chi connectivity index (χ3v) is 9.90. The molecule has 0 saturated heterocycles. The van der Waals surface area contributed by atoms with Crippen LogP contribution < -0.4 is 0 Å². The van der Waals surface area contributed by atoms with E-state index in [1.807, 2.05) is 11.7 Å². The summed E-state index contributed by atoms with van der Waals surface area (Å²) in [6, 6.07) is 0. The molecule has 4 saturated carbocycles. The van der Waals surface area contributed by atoms with Crippen molar-refractivity contribution < 1.29 is 10.2 Å². The first-order chi connectivity index (χ1) is 13.7. The zero-order chi connectivity index (χ0) is 20.6. The number of nitrogens with zero attached hydrogens (tertiary/aromatic N) is 2. The number of hydrogen-bond acceptors (Lipinski definition) is 3. The summed E-state index contributed by atoms with van der Waals surface area (Å²) in [6.07, 6.45) is 13.0. The third kappa shape index (κ3) is 2.89. The minimum atomic E-state index is -0.327. The zero-order valence-electron chi connectivity index (χ0n) is 18.6. The average molecular weight is 399 g/mol. The molecule has 160 valence electrons. The fourth-order valence-corrected chi connectivity index (χ4v) is 8.19. The summed E-state index contributed by atoms with van der Waals surface area (Å²) in [7, 11) is 1.96. The Balaban J connectivity index is 1.45. The van der Waals surface area contributed by atoms with Gasteiger partial charge >= 0.3 is 0 Å². The van der Waals surface area contributed by atoms with Crippen LogP contribution in [0.4, 0.5) is 0 Å². The molecular weight excluding hydrogens is 360 g/mol. The minimum absolute atomic E-state index is 0.0144. The lowest BCUT2D eigenvalue weighted by Gasteiger charge is -2.60. The van der Waals surface area contributed by atoms with Crippen LogP contribution in [0.2, 0.25) is 0 Å². The van der Waals surface area contributed by atoms with E-state index in [4.69, 9.17) is 0 Å².